The number of carbonyl (C=O) groups excluding carboxylic acids is 1. The van der Waals surface area contributed by atoms with Gasteiger partial charge < -0.3 is 23.7 Å². The number of hydrogen-bond donors (Lipinski definition) is 0. The van der Waals surface area contributed by atoms with Crippen molar-refractivity contribution in [1.82, 2.24) is 0 Å². The standard InChI is InChI=1S/C29H36O6/c1-18(2)9-8-10-19(3)11-12-22-21(13-14-24(32-5)29(22)34-7)25-17-23(30)28-26(33-6)15-20(31-4)16-27(28)35-25/h9,11,13-16,25H,8,10,12,17H2,1-7H3. The van der Waals surface area contributed by atoms with Gasteiger partial charge in [0.05, 0.1) is 34.9 Å². The van der Waals surface area contributed by atoms with Gasteiger partial charge in [0.15, 0.2) is 17.3 Å². The predicted molar refractivity (Wildman–Crippen MR) is 138 cm³/mol. The molecule has 0 bridgehead atoms. The lowest BCUT2D eigenvalue weighted by molar-refractivity contribution is 0.0843. The molecule has 0 amide bonds. The second-order valence-electron chi connectivity index (χ2n) is 8.88. The Morgan fingerprint density at radius 2 is 1.71 bits per heavy atom. The normalized spacial score (nSPS) is 15.1. The van der Waals surface area contributed by atoms with E-state index in [2.05, 4.69) is 32.9 Å². The summed E-state index contributed by atoms with van der Waals surface area (Å²) in [5.41, 5.74) is 4.91. The van der Waals surface area contributed by atoms with E-state index in [1.165, 1.54) is 18.3 Å². The minimum atomic E-state index is -0.471. The summed E-state index contributed by atoms with van der Waals surface area (Å²) in [6.45, 7) is 6.36. The van der Waals surface area contributed by atoms with Gasteiger partial charge in [-0.15, -0.1) is 0 Å². The van der Waals surface area contributed by atoms with Crippen LogP contribution in [0.1, 0.15) is 67.6 Å². The van der Waals surface area contributed by atoms with Crippen LogP contribution in [-0.4, -0.2) is 34.2 Å². The Kier molecular flexibility index (Phi) is 8.85. The molecule has 6 nitrogen and oxygen atoms in total. The highest BCUT2D eigenvalue weighted by molar-refractivity contribution is 6.03. The van der Waals surface area contributed by atoms with Crippen LogP contribution < -0.4 is 23.7 Å². The molecule has 1 atom stereocenters. The molecule has 0 aromatic heterocycles. The van der Waals surface area contributed by atoms with Crippen molar-refractivity contribution < 1.29 is 28.5 Å². The fraction of sp³-hybridized carbons (Fsp3) is 0.414. The van der Waals surface area contributed by atoms with E-state index in [9.17, 15) is 4.79 Å². The van der Waals surface area contributed by atoms with Gasteiger partial charge >= 0.3 is 0 Å². The van der Waals surface area contributed by atoms with Gasteiger partial charge in [0.1, 0.15) is 28.9 Å². The van der Waals surface area contributed by atoms with Gasteiger partial charge in [-0.2, -0.15) is 0 Å². The lowest BCUT2D eigenvalue weighted by atomic mass is 9.90. The van der Waals surface area contributed by atoms with Crippen LogP contribution in [0.5, 0.6) is 28.7 Å². The van der Waals surface area contributed by atoms with E-state index in [0.29, 0.717) is 40.7 Å². The fourth-order valence-electron chi connectivity index (χ4n) is 4.34. The molecule has 6 heteroatoms. The third kappa shape index (κ3) is 5.99. The molecule has 2 aromatic rings. The SMILES string of the molecule is COc1cc(OC)c2c(c1)OC(c1ccc(OC)c(OC)c1CC=C(C)CCC=C(C)C)CC2=O. The second kappa shape index (κ2) is 11.8. The number of rotatable bonds is 10. The van der Waals surface area contributed by atoms with Crippen molar-refractivity contribution in [2.24, 2.45) is 0 Å². The molecule has 1 heterocycles. The lowest BCUT2D eigenvalue weighted by Gasteiger charge is -2.29. The minimum absolute atomic E-state index is 0.0371. The average molecular weight is 481 g/mol. The Labute approximate surface area is 208 Å². The minimum Gasteiger partial charge on any atom is -0.496 e. The highest BCUT2D eigenvalue weighted by atomic mass is 16.5. The molecule has 0 N–H and O–H groups in total. The number of Topliss-reactive ketones (excluding diaryl/α,β-unsaturated/α-hetero) is 1. The Balaban J connectivity index is 2.00. The molecule has 188 valence electrons. The third-order valence-corrected chi connectivity index (χ3v) is 6.19. The third-order valence-electron chi connectivity index (χ3n) is 6.19. The molecule has 1 unspecified atom stereocenters. The average Bonchev–Trinajstić information content (AvgIpc) is 2.85. The molecule has 2 aromatic carbocycles. The Morgan fingerprint density at radius 1 is 0.971 bits per heavy atom. The first kappa shape index (κ1) is 26.2. The number of fused-ring (bicyclic) bond motifs is 1. The van der Waals surface area contributed by atoms with E-state index in [1.54, 1.807) is 33.5 Å². The summed E-state index contributed by atoms with van der Waals surface area (Å²) in [5.74, 6) is 2.74. The highest BCUT2D eigenvalue weighted by Gasteiger charge is 2.33. The van der Waals surface area contributed by atoms with Crippen molar-refractivity contribution in [2.45, 2.75) is 52.6 Å². The molecule has 0 spiro atoms. The predicted octanol–water partition coefficient (Wildman–Crippen LogP) is 6.66. The molecule has 1 aliphatic rings. The second-order valence-corrected chi connectivity index (χ2v) is 8.88. The first-order valence-electron chi connectivity index (χ1n) is 11.8. The van der Waals surface area contributed by atoms with Crippen molar-refractivity contribution in [1.29, 1.82) is 0 Å². The maximum atomic E-state index is 13.2. The van der Waals surface area contributed by atoms with Crippen molar-refractivity contribution in [3.63, 3.8) is 0 Å². The zero-order valence-electron chi connectivity index (χ0n) is 21.8. The Morgan fingerprint density at radius 3 is 2.34 bits per heavy atom. The molecule has 0 radical (unpaired) electrons. The summed E-state index contributed by atoms with van der Waals surface area (Å²) in [4.78, 5) is 13.2. The van der Waals surface area contributed by atoms with Crippen molar-refractivity contribution in [3.8, 4) is 28.7 Å². The summed E-state index contributed by atoms with van der Waals surface area (Å²) in [6, 6.07) is 7.25. The number of allylic oxidation sites excluding steroid dienone is 4. The van der Waals surface area contributed by atoms with Gasteiger partial charge in [0.2, 0.25) is 0 Å². The first-order chi connectivity index (χ1) is 16.8. The van der Waals surface area contributed by atoms with Crippen molar-refractivity contribution >= 4 is 5.78 Å². The Bertz CT molecular complexity index is 1120. The number of benzene rings is 2. The van der Waals surface area contributed by atoms with Gasteiger partial charge in [0, 0.05) is 23.3 Å². The van der Waals surface area contributed by atoms with Gasteiger partial charge in [0.25, 0.3) is 0 Å². The van der Waals surface area contributed by atoms with Crippen LogP contribution >= 0.6 is 0 Å². The number of ether oxygens (including phenoxy) is 5. The van der Waals surface area contributed by atoms with Gasteiger partial charge in [-0.3, -0.25) is 4.79 Å². The number of carbonyl (C=O) groups is 1. The van der Waals surface area contributed by atoms with Crippen LogP contribution in [-0.2, 0) is 6.42 Å². The molecule has 0 aliphatic carbocycles. The van der Waals surface area contributed by atoms with Crippen LogP contribution in [0.2, 0.25) is 0 Å². The molecule has 0 saturated heterocycles. The van der Waals surface area contributed by atoms with Crippen LogP contribution in [0.3, 0.4) is 0 Å². The lowest BCUT2D eigenvalue weighted by Crippen LogP contribution is -2.22. The zero-order chi connectivity index (χ0) is 25.5. The molecular weight excluding hydrogens is 444 g/mol. The largest absolute Gasteiger partial charge is 0.496 e. The van der Waals surface area contributed by atoms with Crippen molar-refractivity contribution in [2.75, 3.05) is 28.4 Å². The van der Waals surface area contributed by atoms with Crippen LogP contribution in [0, 0.1) is 0 Å². The fourth-order valence-corrected chi connectivity index (χ4v) is 4.34. The molecule has 0 fully saturated rings. The summed E-state index contributed by atoms with van der Waals surface area (Å²) in [5, 5.41) is 0. The van der Waals surface area contributed by atoms with E-state index < -0.39 is 6.10 Å². The van der Waals surface area contributed by atoms with E-state index in [-0.39, 0.29) is 12.2 Å². The summed E-state index contributed by atoms with van der Waals surface area (Å²) in [7, 11) is 6.36. The maximum Gasteiger partial charge on any atom is 0.174 e. The van der Waals surface area contributed by atoms with Gasteiger partial charge in [-0.1, -0.05) is 29.4 Å². The summed E-state index contributed by atoms with van der Waals surface area (Å²) in [6.07, 6.45) is 6.81. The van der Waals surface area contributed by atoms with Crippen LogP contribution in [0.25, 0.3) is 0 Å². The summed E-state index contributed by atoms with van der Waals surface area (Å²) >= 11 is 0. The van der Waals surface area contributed by atoms with E-state index in [1.807, 2.05) is 12.1 Å². The van der Waals surface area contributed by atoms with E-state index in [4.69, 9.17) is 23.7 Å². The zero-order valence-corrected chi connectivity index (χ0v) is 21.8. The molecular formula is C29H36O6. The van der Waals surface area contributed by atoms with Crippen LogP contribution in [0.4, 0.5) is 0 Å². The smallest absolute Gasteiger partial charge is 0.174 e. The van der Waals surface area contributed by atoms with Gasteiger partial charge in [-0.25, -0.2) is 0 Å². The van der Waals surface area contributed by atoms with Crippen molar-refractivity contribution in [3.05, 3.63) is 64.3 Å². The number of ketones is 1. The van der Waals surface area contributed by atoms with Gasteiger partial charge in [-0.05, 0) is 46.1 Å². The van der Waals surface area contributed by atoms with Crippen LogP contribution in [0.15, 0.2) is 47.6 Å². The molecule has 0 saturated carbocycles. The highest BCUT2D eigenvalue weighted by Crippen LogP contribution is 2.45. The number of methoxy groups -OCH3 is 4. The molecule has 3 rings (SSSR count). The first-order valence-corrected chi connectivity index (χ1v) is 11.8. The summed E-state index contributed by atoms with van der Waals surface area (Å²) < 4.78 is 28.5. The number of hydrogen-bond acceptors (Lipinski definition) is 6. The maximum absolute atomic E-state index is 13.2. The topological polar surface area (TPSA) is 63.2 Å². The monoisotopic (exact) mass is 480 g/mol. The molecule has 1 aliphatic heterocycles. The Hall–Kier alpha value is -3.41. The quantitative estimate of drug-likeness (QED) is 0.354. The van der Waals surface area contributed by atoms with E-state index in [0.717, 1.165) is 24.0 Å². The van der Waals surface area contributed by atoms with E-state index >= 15 is 0 Å². The molecule has 35 heavy (non-hydrogen) atoms.